The van der Waals surface area contributed by atoms with Crippen LogP contribution in [0, 0.1) is 0 Å². The van der Waals surface area contributed by atoms with Gasteiger partial charge in [-0.2, -0.15) is 0 Å². The molecule has 0 saturated heterocycles. The van der Waals surface area contributed by atoms with Crippen LogP contribution < -0.4 is 0 Å². The third kappa shape index (κ3) is 3.68. The lowest BCUT2D eigenvalue weighted by molar-refractivity contribution is 0.275. The number of hydrogen-bond acceptors (Lipinski definition) is 3. The van der Waals surface area contributed by atoms with Crippen LogP contribution in [-0.2, 0) is 0 Å². The average Bonchev–Trinajstić information content (AvgIpc) is 2.17. The molecule has 2 rings (SSSR count). The first-order valence-electron chi connectivity index (χ1n) is 3.71. The number of benzene rings is 1. The number of nitrogens with zero attached hydrogens (tertiary/aromatic N) is 2. The molecular weight excluding hydrogens is 223 g/mol. The molecule has 0 radical (unpaired) electrons. The van der Waals surface area contributed by atoms with E-state index in [9.17, 15) is 0 Å². The lowest BCUT2D eigenvalue weighted by atomic mass is 10.3. The van der Waals surface area contributed by atoms with Crippen LogP contribution in [0.25, 0.3) is 11.0 Å². The first-order chi connectivity index (χ1) is 6.70. The summed E-state index contributed by atoms with van der Waals surface area (Å²) in [6.45, 7) is 0. The molecule has 0 fully saturated rings. The lowest BCUT2D eigenvalue weighted by Crippen LogP contribution is -1.78. The minimum Gasteiger partial charge on any atom is -0.262 e. The molecule has 0 unspecified atom stereocenters. The van der Waals surface area contributed by atoms with Crippen LogP contribution in [0.15, 0.2) is 36.7 Å². The van der Waals surface area contributed by atoms with E-state index in [1.165, 1.54) is 0 Å². The molecule has 0 bridgehead atoms. The van der Waals surface area contributed by atoms with Crippen molar-refractivity contribution in [2.45, 2.75) is 0 Å². The van der Waals surface area contributed by atoms with E-state index in [1.54, 1.807) is 12.4 Å². The van der Waals surface area contributed by atoms with E-state index < -0.39 is 4.70 Å². The average molecular weight is 229 g/mol. The highest BCUT2D eigenvalue weighted by Crippen LogP contribution is 2.04. The van der Waals surface area contributed by atoms with Crippen LogP contribution in [0.5, 0.6) is 0 Å². The van der Waals surface area contributed by atoms with E-state index >= 15 is 0 Å². The monoisotopic (exact) mass is 228 g/mol. The van der Waals surface area contributed by atoms with Crippen molar-refractivity contribution in [2.24, 2.45) is 0 Å². The van der Waals surface area contributed by atoms with Gasteiger partial charge in [0.15, 0.2) is 0 Å². The lowest BCUT2D eigenvalue weighted by Gasteiger charge is -1.90. The molecule has 2 aromatic rings. The Morgan fingerprint density at radius 3 is 1.71 bits per heavy atom. The Bertz CT molecular complexity index is 364. The Kier molecular flexibility index (Phi) is 4.29. The predicted octanol–water partition coefficient (Wildman–Crippen LogP) is 3.21. The molecule has 72 valence electrons. The summed E-state index contributed by atoms with van der Waals surface area (Å²) in [6, 6.07) is 7.80. The van der Waals surface area contributed by atoms with Gasteiger partial charge >= 0.3 is 4.70 Å². The van der Waals surface area contributed by atoms with Gasteiger partial charge in [0.05, 0.1) is 11.0 Å². The third-order valence-corrected chi connectivity index (χ3v) is 1.38. The molecule has 1 aromatic carbocycles. The fraction of sp³-hybridized carbons (Fsp3) is 0. The van der Waals surface area contributed by atoms with Gasteiger partial charge in [0, 0.05) is 12.4 Å². The van der Waals surface area contributed by atoms with Crippen molar-refractivity contribution in [1.82, 2.24) is 9.97 Å². The van der Waals surface area contributed by atoms with Crippen LogP contribution in [0.4, 0.5) is 4.79 Å². The van der Waals surface area contributed by atoms with E-state index in [1.807, 2.05) is 24.3 Å². The topological polar surface area (TPSA) is 42.9 Å². The Hall–Kier alpha value is -1.19. The molecule has 3 nitrogen and oxygen atoms in total. The van der Waals surface area contributed by atoms with Gasteiger partial charge in [0.25, 0.3) is 0 Å². The van der Waals surface area contributed by atoms with Crippen molar-refractivity contribution in [1.29, 1.82) is 0 Å². The number of hydrogen-bond donors (Lipinski definition) is 0. The largest absolute Gasteiger partial charge is 0.313 e. The van der Waals surface area contributed by atoms with Crippen LogP contribution in [-0.4, -0.2) is 14.7 Å². The SMILES string of the molecule is O=C(Cl)Cl.c1ccc2nccnc2c1. The van der Waals surface area contributed by atoms with Gasteiger partial charge in [-0.15, -0.1) is 0 Å². The molecule has 0 aliphatic rings. The zero-order valence-corrected chi connectivity index (χ0v) is 8.53. The molecule has 5 heteroatoms. The minimum atomic E-state index is -0.889. The second-order valence-corrected chi connectivity index (χ2v) is 3.15. The quantitative estimate of drug-likeness (QED) is 0.651. The van der Waals surface area contributed by atoms with Crippen LogP contribution in [0.3, 0.4) is 0 Å². The summed E-state index contributed by atoms with van der Waals surface area (Å²) in [5.41, 5.74) is 1.90. The van der Waals surface area contributed by atoms with E-state index in [0.29, 0.717) is 0 Å². The predicted molar refractivity (Wildman–Crippen MR) is 56.6 cm³/mol. The number of halogens is 2. The molecule has 0 N–H and O–H groups in total. The molecular formula is C9H6Cl2N2O. The summed E-state index contributed by atoms with van der Waals surface area (Å²) < 4.78 is -0.889. The van der Waals surface area contributed by atoms with E-state index in [4.69, 9.17) is 4.79 Å². The maximum absolute atomic E-state index is 8.98. The van der Waals surface area contributed by atoms with Crippen LogP contribution >= 0.6 is 23.2 Å². The van der Waals surface area contributed by atoms with Crippen molar-refractivity contribution in [2.75, 3.05) is 0 Å². The first-order valence-corrected chi connectivity index (χ1v) is 4.46. The van der Waals surface area contributed by atoms with Gasteiger partial charge in [0.1, 0.15) is 0 Å². The summed E-state index contributed by atoms with van der Waals surface area (Å²) in [5.74, 6) is 0. The van der Waals surface area contributed by atoms with Crippen molar-refractivity contribution in [3.05, 3.63) is 36.7 Å². The number of para-hydroxylation sites is 2. The molecule has 0 saturated carbocycles. The Labute approximate surface area is 90.7 Å². The van der Waals surface area contributed by atoms with Gasteiger partial charge in [0.2, 0.25) is 0 Å². The van der Waals surface area contributed by atoms with Crippen molar-refractivity contribution < 1.29 is 4.79 Å². The molecule has 14 heavy (non-hydrogen) atoms. The fourth-order valence-electron chi connectivity index (χ4n) is 0.910. The summed E-state index contributed by atoms with van der Waals surface area (Å²) in [6.07, 6.45) is 3.39. The smallest absolute Gasteiger partial charge is 0.262 e. The van der Waals surface area contributed by atoms with Crippen LogP contribution in [0.1, 0.15) is 0 Å². The number of carbonyl (C=O) groups excluding carboxylic acids is 1. The zero-order valence-electron chi connectivity index (χ0n) is 7.02. The molecule has 0 amide bonds. The van der Waals surface area contributed by atoms with Gasteiger partial charge in [-0.05, 0) is 35.3 Å². The maximum Gasteiger partial charge on any atom is 0.313 e. The Balaban J connectivity index is 0.000000213. The zero-order chi connectivity index (χ0) is 10.4. The molecule has 0 atom stereocenters. The molecule has 0 aliphatic carbocycles. The second-order valence-electron chi connectivity index (χ2n) is 2.27. The number of fused-ring (bicyclic) bond motifs is 1. The standard InChI is InChI=1S/C8H6N2.CCl2O/c1-2-4-8-7(3-1)9-5-6-10-8;2-1(3)4/h1-6H;. The highest BCUT2D eigenvalue weighted by Gasteiger charge is 1.88. The first kappa shape index (κ1) is 10.9. The molecule has 0 spiro atoms. The van der Waals surface area contributed by atoms with Gasteiger partial charge in [-0.25, -0.2) is 0 Å². The highest BCUT2D eigenvalue weighted by atomic mass is 35.5. The number of aromatic nitrogens is 2. The van der Waals surface area contributed by atoms with Crippen molar-refractivity contribution in [3.63, 3.8) is 0 Å². The molecule has 1 heterocycles. The third-order valence-electron chi connectivity index (χ3n) is 1.38. The Morgan fingerprint density at radius 1 is 1.00 bits per heavy atom. The van der Waals surface area contributed by atoms with Gasteiger partial charge in [-0.3, -0.25) is 14.8 Å². The van der Waals surface area contributed by atoms with Crippen molar-refractivity contribution >= 4 is 38.9 Å². The second kappa shape index (κ2) is 5.52. The highest BCUT2D eigenvalue weighted by molar-refractivity contribution is 6.93. The number of rotatable bonds is 0. The summed E-state index contributed by atoms with van der Waals surface area (Å²) >= 11 is 8.80. The normalized spacial score (nSPS) is 9.00. The molecule has 0 aliphatic heterocycles. The van der Waals surface area contributed by atoms with E-state index in [2.05, 4.69) is 33.2 Å². The summed E-state index contributed by atoms with van der Waals surface area (Å²) in [5, 5.41) is 0. The van der Waals surface area contributed by atoms with Crippen molar-refractivity contribution in [3.8, 4) is 0 Å². The summed E-state index contributed by atoms with van der Waals surface area (Å²) in [7, 11) is 0. The fourth-order valence-corrected chi connectivity index (χ4v) is 0.910. The van der Waals surface area contributed by atoms with Gasteiger partial charge in [-0.1, -0.05) is 12.1 Å². The van der Waals surface area contributed by atoms with E-state index in [0.717, 1.165) is 11.0 Å². The minimum absolute atomic E-state index is 0.889. The van der Waals surface area contributed by atoms with Gasteiger partial charge < -0.3 is 0 Å². The summed E-state index contributed by atoms with van der Waals surface area (Å²) in [4.78, 5) is 17.2. The Morgan fingerprint density at radius 2 is 1.36 bits per heavy atom. The van der Waals surface area contributed by atoms with E-state index in [-0.39, 0.29) is 0 Å². The maximum atomic E-state index is 8.98. The number of carbonyl (C=O) groups is 1. The van der Waals surface area contributed by atoms with Crippen LogP contribution in [0.2, 0.25) is 0 Å². The molecule has 1 aromatic heterocycles.